The summed E-state index contributed by atoms with van der Waals surface area (Å²) in [6.45, 7) is 1.52. The molecule has 1 aliphatic carbocycles. The number of ether oxygens (including phenoxy) is 2. The monoisotopic (exact) mass is 484 g/mol. The molecule has 1 saturated carbocycles. The number of hydrogen-bond donors (Lipinski definition) is 0. The maximum atomic E-state index is 13.2. The Morgan fingerprint density at radius 2 is 1.82 bits per heavy atom. The van der Waals surface area contributed by atoms with Crippen LogP contribution in [-0.4, -0.2) is 24.0 Å². The minimum atomic E-state index is -0.647. The van der Waals surface area contributed by atoms with E-state index in [0.29, 0.717) is 27.3 Å². The first-order valence-corrected chi connectivity index (χ1v) is 12.0. The number of hydrogen-bond acceptors (Lipinski definition) is 6. The van der Waals surface area contributed by atoms with Gasteiger partial charge in [0.2, 0.25) is 5.91 Å². The molecular weight excluding hydrogens is 460 g/mol. The molecule has 6 nitrogen and oxygen atoms in total. The van der Waals surface area contributed by atoms with E-state index in [-0.39, 0.29) is 18.5 Å². The highest BCUT2D eigenvalue weighted by molar-refractivity contribution is 7.14. The SMILES string of the molecule is COc1ccccc1N(C(C)=O)c1nc(COC(=O)C2(c3ccc(Cl)cc3)CCCC2)cs1. The summed E-state index contributed by atoms with van der Waals surface area (Å²) in [7, 11) is 1.56. The zero-order chi connectivity index (χ0) is 23.4. The molecule has 1 fully saturated rings. The number of thiazole rings is 1. The lowest BCUT2D eigenvalue weighted by atomic mass is 9.79. The molecule has 3 aromatic rings. The van der Waals surface area contributed by atoms with Crippen LogP contribution in [0.1, 0.15) is 43.9 Å². The van der Waals surface area contributed by atoms with Crippen LogP contribution >= 0.6 is 22.9 Å². The summed E-state index contributed by atoms with van der Waals surface area (Å²) in [6.07, 6.45) is 3.46. The summed E-state index contributed by atoms with van der Waals surface area (Å²) >= 11 is 7.35. The van der Waals surface area contributed by atoms with Gasteiger partial charge in [-0.3, -0.25) is 14.5 Å². The molecule has 172 valence electrons. The van der Waals surface area contributed by atoms with E-state index in [9.17, 15) is 9.59 Å². The van der Waals surface area contributed by atoms with Crippen LogP contribution in [0.15, 0.2) is 53.9 Å². The van der Waals surface area contributed by atoms with Crippen LogP contribution in [0.2, 0.25) is 5.02 Å². The number of amides is 1. The van der Waals surface area contributed by atoms with Crippen LogP contribution in [-0.2, 0) is 26.3 Å². The molecule has 0 bridgehead atoms. The largest absolute Gasteiger partial charge is 0.495 e. The minimum Gasteiger partial charge on any atom is -0.495 e. The second-order valence-electron chi connectivity index (χ2n) is 8.02. The van der Waals surface area contributed by atoms with Gasteiger partial charge in [-0.15, -0.1) is 11.3 Å². The van der Waals surface area contributed by atoms with Gasteiger partial charge in [-0.25, -0.2) is 4.98 Å². The van der Waals surface area contributed by atoms with Gasteiger partial charge in [0.15, 0.2) is 5.13 Å². The van der Waals surface area contributed by atoms with Crippen molar-refractivity contribution in [2.45, 2.75) is 44.6 Å². The average molecular weight is 485 g/mol. The topological polar surface area (TPSA) is 68.7 Å². The maximum Gasteiger partial charge on any atom is 0.316 e. The second-order valence-corrected chi connectivity index (χ2v) is 9.29. The van der Waals surface area contributed by atoms with Gasteiger partial charge in [0, 0.05) is 17.3 Å². The number of para-hydroxylation sites is 2. The molecule has 0 radical (unpaired) electrons. The summed E-state index contributed by atoms with van der Waals surface area (Å²) in [4.78, 5) is 31.7. The van der Waals surface area contributed by atoms with E-state index in [1.807, 2.05) is 36.4 Å². The zero-order valence-corrected chi connectivity index (χ0v) is 20.1. The first-order chi connectivity index (χ1) is 15.9. The summed E-state index contributed by atoms with van der Waals surface area (Å²) in [5.74, 6) is 0.136. The summed E-state index contributed by atoms with van der Waals surface area (Å²) in [5.41, 5.74) is 1.49. The van der Waals surface area contributed by atoms with Crippen molar-refractivity contribution in [3.63, 3.8) is 0 Å². The molecule has 1 heterocycles. The number of aromatic nitrogens is 1. The Balaban J connectivity index is 1.52. The zero-order valence-electron chi connectivity index (χ0n) is 18.5. The van der Waals surface area contributed by atoms with E-state index in [1.54, 1.807) is 24.6 Å². The highest BCUT2D eigenvalue weighted by atomic mass is 35.5. The highest BCUT2D eigenvalue weighted by Crippen LogP contribution is 2.43. The van der Waals surface area contributed by atoms with Crippen LogP contribution in [0, 0.1) is 0 Å². The van der Waals surface area contributed by atoms with Gasteiger partial charge < -0.3 is 9.47 Å². The van der Waals surface area contributed by atoms with E-state index in [4.69, 9.17) is 21.1 Å². The van der Waals surface area contributed by atoms with Crippen LogP contribution in [0.25, 0.3) is 0 Å². The standard InChI is InChI=1S/C25H25ClN2O4S/c1-17(29)28(21-7-3-4-8-22(21)31-2)24-27-20(16-33-24)15-32-23(30)25(13-5-6-14-25)18-9-11-19(26)12-10-18/h3-4,7-12,16H,5-6,13-15H2,1-2H3. The van der Waals surface area contributed by atoms with E-state index in [0.717, 1.165) is 31.2 Å². The van der Waals surface area contributed by atoms with Crippen molar-refractivity contribution in [3.05, 3.63) is 70.2 Å². The predicted octanol–water partition coefficient (Wildman–Crippen LogP) is 6.04. The molecule has 0 saturated heterocycles. The maximum absolute atomic E-state index is 13.2. The molecule has 0 spiro atoms. The molecular formula is C25H25ClN2O4S. The molecule has 0 N–H and O–H groups in total. The Hall–Kier alpha value is -2.90. The fourth-order valence-electron chi connectivity index (χ4n) is 4.32. The molecule has 33 heavy (non-hydrogen) atoms. The lowest BCUT2D eigenvalue weighted by Gasteiger charge is -2.27. The first kappa shape index (κ1) is 23.3. The predicted molar refractivity (Wildman–Crippen MR) is 129 cm³/mol. The summed E-state index contributed by atoms with van der Waals surface area (Å²) < 4.78 is 11.2. The van der Waals surface area contributed by atoms with Crippen molar-refractivity contribution in [2.24, 2.45) is 0 Å². The number of benzene rings is 2. The molecule has 1 amide bonds. The van der Waals surface area contributed by atoms with Gasteiger partial charge in [-0.05, 0) is 42.7 Å². The van der Waals surface area contributed by atoms with E-state index < -0.39 is 5.41 Å². The number of esters is 1. The number of methoxy groups -OCH3 is 1. The number of carbonyl (C=O) groups excluding carboxylic acids is 2. The Morgan fingerprint density at radius 1 is 1.12 bits per heavy atom. The molecule has 0 atom stereocenters. The van der Waals surface area contributed by atoms with E-state index in [2.05, 4.69) is 4.98 Å². The fraction of sp³-hybridized carbons (Fsp3) is 0.320. The summed E-state index contributed by atoms with van der Waals surface area (Å²) in [5, 5.41) is 2.93. The number of anilines is 2. The van der Waals surface area contributed by atoms with Crippen molar-refractivity contribution < 1.29 is 19.1 Å². The van der Waals surface area contributed by atoms with E-state index >= 15 is 0 Å². The molecule has 1 aliphatic rings. The number of nitrogens with zero attached hydrogens (tertiary/aromatic N) is 2. The van der Waals surface area contributed by atoms with Crippen molar-refractivity contribution >= 4 is 45.6 Å². The number of carbonyl (C=O) groups is 2. The molecule has 8 heteroatoms. The van der Waals surface area contributed by atoms with Gasteiger partial charge in [-0.1, -0.05) is 48.7 Å². The Kier molecular flexibility index (Phi) is 7.00. The van der Waals surface area contributed by atoms with Gasteiger partial charge in [0.25, 0.3) is 0 Å². The van der Waals surface area contributed by atoms with Crippen molar-refractivity contribution in [1.29, 1.82) is 0 Å². The molecule has 0 unspecified atom stereocenters. The van der Waals surface area contributed by atoms with Crippen molar-refractivity contribution in [3.8, 4) is 5.75 Å². The smallest absolute Gasteiger partial charge is 0.316 e. The third-order valence-corrected chi connectivity index (χ3v) is 7.09. The quantitative estimate of drug-likeness (QED) is 0.382. The Labute approximate surface area is 202 Å². The number of rotatable bonds is 7. The van der Waals surface area contributed by atoms with Gasteiger partial charge in [-0.2, -0.15) is 0 Å². The fourth-order valence-corrected chi connectivity index (χ4v) is 5.31. The minimum absolute atomic E-state index is 0.0440. The molecule has 0 aliphatic heterocycles. The molecule has 2 aromatic carbocycles. The normalized spacial score (nSPS) is 14.6. The average Bonchev–Trinajstić information content (AvgIpc) is 3.49. The Bertz CT molecular complexity index is 1140. The van der Waals surface area contributed by atoms with Crippen molar-refractivity contribution in [2.75, 3.05) is 12.0 Å². The highest BCUT2D eigenvalue weighted by Gasteiger charge is 2.44. The third-order valence-electron chi connectivity index (χ3n) is 5.97. The van der Waals surface area contributed by atoms with Gasteiger partial charge in [0.1, 0.15) is 12.4 Å². The van der Waals surface area contributed by atoms with Gasteiger partial charge >= 0.3 is 5.97 Å². The first-order valence-electron chi connectivity index (χ1n) is 10.8. The summed E-state index contributed by atoms with van der Waals surface area (Å²) in [6, 6.07) is 14.7. The van der Waals surface area contributed by atoms with Crippen LogP contribution in [0.4, 0.5) is 10.8 Å². The lowest BCUT2D eigenvalue weighted by Crippen LogP contribution is -2.34. The van der Waals surface area contributed by atoms with Crippen LogP contribution in [0.3, 0.4) is 0 Å². The van der Waals surface area contributed by atoms with E-state index in [1.165, 1.54) is 23.2 Å². The second kappa shape index (κ2) is 9.93. The Morgan fingerprint density at radius 3 is 2.48 bits per heavy atom. The number of halogens is 1. The lowest BCUT2D eigenvalue weighted by molar-refractivity contribution is -0.152. The molecule has 1 aromatic heterocycles. The molecule has 4 rings (SSSR count). The van der Waals surface area contributed by atoms with Crippen LogP contribution < -0.4 is 9.64 Å². The van der Waals surface area contributed by atoms with Gasteiger partial charge in [0.05, 0.1) is 23.9 Å². The van der Waals surface area contributed by atoms with Crippen LogP contribution in [0.5, 0.6) is 5.75 Å². The third kappa shape index (κ3) is 4.75. The van der Waals surface area contributed by atoms with Crippen molar-refractivity contribution in [1.82, 2.24) is 4.98 Å².